The molecule has 1 aromatic heterocycles. The highest BCUT2D eigenvalue weighted by atomic mass is 32.2. The third-order valence-electron chi connectivity index (χ3n) is 2.54. The number of thiazole rings is 1. The van der Waals surface area contributed by atoms with Crippen molar-refractivity contribution in [3.63, 3.8) is 0 Å². The van der Waals surface area contributed by atoms with Crippen LogP contribution in [0.4, 0.5) is 0 Å². The molecular weight excluding hydrogens is 260 g/mol. The Morgan fingerprint density at radius 1 is 1.28 bits per heavy atom. The molecule has 0 saturated carbocycles. The van der Waals surface area contributed by atoms with E-state index in [9.17, 15) is 0 Å². The van der Waals surface area contributed by atoms with E-state index in [0.717, 1.165) is 25.3 Å². The normalized spacial score (nSPS) is 11.7. The first-order valence-corrected chi connectivity index (χ1v) is 8.69. The average molecular weight is 287 g/mol. The lowest BCUT2D eigenvalue weighted by molar-refractivity contribution is 0.553. The number of rotatable bonds is 8. The first-order chi connectivity index (χ1) is 8.52. The largest absolute Gasteiger partial charge is 0.312 e. The molecule has 0 aliphatic rings. The van der Waals surface area contributed by atoms with Crippen molar-refractivity contribution in [2.45, 2.75) is 58.6 Å². The number of hydrogen-bond donors (Lipinski definition) is 1. The molecule has 0 atom stereocenters. The lowest BCUT2D eigenvalue weighted by atomic mass is 10.2. The van der Waals surface area contributed by atoms with Gasteiger partial charge in [-0.05, 0) is 24.1 Å². The maximum atomic E-state index is 4.76. The molecular formula is C14H26N2S2. The molecule has 0 spiro atoms. The van der Waals surface area contributed by atoms with Crippen LogP contribution in [0.25, 0.3) is 0 Å². The minimum Gasteiger partial charge on any atom is -0.312 e. The number of hydrogen-bond acceptors (Lipinski definition) is 4. The van der Waals surface area contributed by atoms with E-state index >= 15 is 0 Å². The second-order valence-electron chi connectivity index (χ2n) is 5.22. The van der Waals surface area contributed by atoms with E-state index in [0.29, 0.717) is 11.2 Å². The monoisotopic (exact) mass is 286 g/mol. The fourth-order valence-corrected chi connectivity index (χ4v) is 3.53. The zero-order valence-corrected chi connectivity index (χ0v) is 13.9. The summed E-state index contributed by atoms with van der Waals surface area (Å²) in [7, 11) is 0. The maximum Gasteiger partial charge on any atom is 0.103 e. The smallest absolute Gasteiger partial charge is 0.103 e. The summed E-state index contributed by atoms with van der Waals surface area (Å²) < 4.78 is 0. The SMILES string of the molecule is CCc1nc(CSC(C)C)sc1CNCC(C)C. The van der Waals surface area contributed by atoms with Gasteiger partial charge in [0.25, 0.3) is 0 Å². The summed E-state index contributed by atoms with van der Waals surface area (Å²) in [6, 6.07) is 0. The van der Waals surface area contributed by atoms with Gasteiger partial charge in [-0.25, -0.2) is 4.98 Å². The molecule has 1 heterocycles. The number of nitrogens with one attached hydrogen (secondary N) is 1. The topological polar surface area (TPSA) is 24.9 Å². The number of aryl methyl sites for hydroxylation is 1. The summed E-state index contributed by atoms with van der Waals surface area (Å²) in [6.45, 7) is 13.2. The number of nitrogens with zero attached hydrogens (tertiary/aromatic N) is 1. The third kappa shape index (κ3) is 5.72. The minimum atomic E-state index is 0.682. The Balaban J connectivity index is 2.54. The Kier molecular flexibility index (Phi) is 7.27. The van der Waals surface area contributed by atoms with Crippen molar-refractivity contribution < 1.29 is 0 Å². The molecule has 1 aromatic rings. The van der Waals surface area contributed by atoms with Gasteiger partial charge in [0.15, 0.2) is 0 Å². The van der Waals surface area contributed by atoms with E-state index in [2.05, 4.69) is 39.9 Å². The Hall–Kier alpha value is -0.0600. The van der Waals surface area contributed by atoms with Crippen molar-refractivity contribution in [3.05, 3.63) is 15.6 Å². The van der Waals surface area contributed by atoms with E-state index in [1.165, 1.54) is 15.6 Å². The second kappa shape index (κ2) is 8.18. The molecule has 0 saturated heterocycles. The zero-order chi connectivity index (χ0) is 13.5. The van der Waals surface area contributed by atoms with Gasteiger partial charge in [0, 0.05) is 17.2 Å². The van der Waals surface area contributed by atoms with E-state index in [-0.39, 0.29) is 0 Å². The zero-order valence-electron chi connectivity index (χ0n) is 12.2. The van der Waals surface area contributed by atoms with Crippen molar-refractivity contribution >= 4 is 23.1 Å². The quantitative estimate of drug-likeness (QED) is 0.779. The van der Waals surface area contributed by atoms with Crippen LogP contribution in [0.2, 0.25) is 0 Å². The molecule has 1 rings (SSSR count). The summed E-state index contributed by atoms with van der Waals surface area (Å²) in [4.78, 5) is 6.18. The van der Waals surface area contributed by atoms with Gasteiger partial charge in [-0.2, -0.15) is 11.8 Å². The molecule has 0 aromatic carbocycles. The van der Waals surface area contributed by atoms with Crippen LogP contribution in [-0.2, 0) is 18.7 Å². The Morgan fingerprint density at radius 2 is 2.00 bits per heavy atom. The first kappa shape index (κ1) is 16.0. The molecule has 2 nitrogen and oxygen atoms in total. The lowest BCUT2D eigenvalue weighted by Crippen LogP contribution is -2.18. The van der Waals surface area contributed by atoms with Crippen molar-refractivity contribution in [2.75, 3.05) is 6.54 Å². The maximum absolute atomic E-state index is 4.76. The van der Waals surface area contributed by atoms with Gasteiger partial charge in [-0.1, -0.05) is 34.6 Å². The Bertz CT molecular complexity index is 346. The molecule has 0 fully saturated rings. The van der Waals surface area contributed by atoms with E-state index < -0.39 is 0 Å². The van der Waals surface area contributed by atoms with Crippen LogP contribution in [0.1, 0.15) is 50.2 Å². The average Bonchev–Trinajstić information content (AvgIpc) is 2.68. The molecule has 0 amide bonds. The molecule has 0 unspecified atom stereocenters. The fraction of sp³-hybridized carbons (Fsp3) is 0.786. The van der Waals surface area contributed by atoms with Crippen LogP contribution >= 0.6 is 23.1 Å². The predicted molar refractivity (Wildman–Crippen MR) is 84.5 cm³/mol. The number of thioether (sulfide) groups is 1. The Labute approximate surface area is 120 Å². The van der Waals surface area contributed by atoms with Crippen molar-refractivity contribution in [2.24, 2.45) is 5.92 Å². The standard InChI is InChI=1S/C14H26N2S2/c1-6-12-13(8-15-7-10(2)3)18-14(16-12)9-17-11(4)5/h10-11,15H,6-9H2,1-5H3. The van der Waals surface area contributed by atoms with Gasteiger partial charge >= 0.3 is 0 Å². The van der Waals surface area contributed by atoms with Gasteiger partial charge in [0.1, 0.15) is 5.01 Å². The molecule has 18 heavy (non-hydrogen) atoms. The van der Waals surface area contributed by atoms with E-state index in [4.69, 9.17) is 4.98 Å². The summed E-state index contributed by atoms with van der Waals surface area (Å²) in [5.41, 5.74) is 1.29. The Morgan fingerprint density at radius 3 is 2.56 bits per heavy atom. The summed E-state index contributed by atoms with van der Waals surface area (Å²) in [5.74, 6) is 1.76. The van der Waals surface area contributed by atoms with Crippen LogP contribution in [0.15, 0.2) is 0 Å². The molecule has 0 bridgehead atoms. The summed E-state index contributed by atoms with van der Waals surface area (Å²) in [5, 5.41) is 5.48. The highest BCUT2D eigenvalue weighted by Gasteiger charge is 2.10. The van der Waals surface area contributed by atoms with Crippen LogP contribution in [0.3, 0.4) is 0 Å². The van der Waals surface area contributed by atoms with Crippen molar-refractivity contribution in [1.82, 2.24) is 10.3 Å². The van der Waals surface area contributed by atoms with Crippen molar-refractivity contribution in [1.29, 1.82) is 0 Å². The highest BCUT2D eigenvalue weighted by Crippen LogP contribution is 2.24. The first-order valence-electron chi connectivity index (χ1n) is 6.82. The fourth-order valence-electron chi connectivity index (χ4n) is 1.63. The third-order valence-corrected chi connectivity index (χ3v) is 4.92. The van der Waals surface area contributed by atoms with Gasteiger partial charge in [-0.15, -0.1) is 11.3 Å². The molecule has 104 valence electrons. The number of aromatic nitrogens is 1. The van der Waals surface area contributed by atoms with Crippen molar-refractivity contribution in [3.8, 4) is 0 Å². The van der Waals surface area contributed by atoms with E-state index in [1.54, 1.807) is 0 Å². The summed E-state index contributed by atoms with van der Waals surface area (Å²) in [6.07, 6.45) is 1.04. The van der Waals surface area contributed by atoms with Gasteiger partial charge < -0.3 is 5.32 Å². The molecule has 0 radical (unpaired) electrons. The molecule has 1 N–H and O–H groups in total. The lowest BCUT2D eigenvalue weighted by Gasteiger charge is -2.06. The minimum absolute atomic E-state index is 0.682. The van der Waals surface area contributed by atoms with Crippen LogP contribution in [0, 0.1) is 5.92 Å². The van der Waals surface area contributed by atoms with Crippen LogP contribution < -0.4 is 5.32 Å². The predicted octanol–water partition coefficient (Wildman–Crippen LogP) is 4.09. The molecule has 0 aliphatic carbocycles. The van der Waals surface area contributed by atoms with Gasteiger partial charge in [0.05, 0.1) is 5.69 Å². The van der Waals surface area contributed by atoms with Crippen LogP contribution in [-0.4, -0.2) is 16.8 Å². The molecule has 4 heteroatoms. The van der Waals surface area contributed by atoms with E-state index in [1.807, 2.05) is 23.1 Å². The van der Waals surface area contributed by atoms with Gasteiger partial charge in [0.2, 0.25) is 0 Å². The highest BCUT2D eigenvalue weighted by molar-refractivity contribution is 7.99. The summed E-state index contributed by atoms with van der Waals surface area (Å²) >= 11 is 3.86. The molecule has 0 aliphatic heterocycles. The van der Waals surface area contributed by atoms with Crippen LogP contribution in [0.5, 0.6) is 0 Å². The van der Waals surface area contributed by atoms with Gasteiger partial charge in [-0.3, -0.25) is 0 Å². The second-order valence-corrected chi connectivity index (χ2v) is 7.95.